The molecule has 0 N–H and O–H groups in total. The monoisotopic (exact) mass is 400 g/mol. The van der Waals surface area contributed by atoms with E-state index in [1.165, 1.54) is 18.4 Å². The molecule has 0 aliphatic rings. The minimum Gasteiger partial charge on any atom is -0.494 e. The Bertz CT molecular complexity index is 481. The molecule has 0 spiro atoms. The molecular weight excluding hydrogens is 368 g/mol. The van der Waals surface area contributed by atoms with Crippen LogP contribution in [0.15, 0.2) is 22.7 Å². The summed E-state index contributed by atoms with van der Waals surface area (Å²) >= 11 is 3.51. The molecule has 1 aromatic carbocycles. The minimum absolute atomic E-state index is 0.309. The number of hydrogen-bond acceptors (Lipinski definition) is 2. The van der Waals surface area contributed by atoms with E-state index in [1.807, 2.05) is 12.1 Å². The molecule has 0 bridgehead atoms. The van der Waals surface area contributed by atoms with Crippen LogP contribution in [0.1, 0.15) is 52.0 Å². The summed E-state index contributed by atoms with van der Waals surface area (Å²) in [5, 5.41) is 0.309. The second-order valence-electron chi connectivity index (χ2n) is 7.78. The van der Waals surface area contributed by atoms with Crippen molar-refractivity contribution in [1.82, 2.24) is 0 Å². The van der Waals surface area contributed by atoms with E-state index in [-0.39, 0.29) is 0 Å². The van der Waals surface area contributed by atoms with Crippen LogP contribution in [0.4, 0.5) is 0 Å². The molecule has 0 aromatic heterocycles. The van der Waals surface area contributed by atoms with E-state index in [2.05, 4.69) is 62.8 Å². The van der Waals surface area contributed by atoms with Gasteiger partial charge in [-0.3, -0.25) is 0 Å². The molecule has 1 aromatic rings. The molecule has 0 saturated heterocycles. The largest absolute Gasteiger partial charge is 0.494 e. The van der Waals surface area contributed by atoms with Gasteiger partial charge in [-0.05, 0) is 68.1 Å². The Balaban J connectivity index is 2.09. The van der Waals surface area contributed by atoms with E-state index in [1.54, 1.807) is 0 Å². The summed E-state index contributed by atoms with van der Waals surface area (Å²) in [4.78, 5) is 0. The Labute approximate surface area is 152 Å². The molecule has 0 atom stereocenters. The zero-order chi connectivity index (χ0) is 17.5. The number of aryl methyl sites for hydroxylation is 1. The van der Waals surface area contributed by atoms with Crippen LogP contribution in [0.3, 0.4) is 0 Å². The number of hydrogen-bond donors (Lipinski definition) is 0. The van der Waals surface area contributed by atoms with Crippen LogP contribution < -0.4 is 4.74 Å². The maximum absolute atomic E-state index is 6.20. The van der Waals surface area contributed by atoms with Gasteiger partial charge in [0.05, 0.1) is 6.61 Å². The number of rotatable bonds is 9. The van der Waals surface area contributed by atoms with Gasteiger partial charge in [0.1, 0.15) is 5.75 Å². The van der Waals surface area contributed by atoms with E-state index in [0.29, 0.717) is 5.04 Å². The predicted molar refractivity (Wildman–Crippen MR) is 106 cm³/mol. The fourth-order valence-corrected chi connectivity index (χ4v) is 3.33. The van der Waals surface area contributed by atoms with Gasteiger partial charge in [-0.1, -0.05) is 43.1 Å². The molecule has 0 amide bonds. The SMILES string of the molecule is Cc1cc(OCCCCCCO[Si](C)(C)C(C)(C)C)ccc1Br. The lowest BCUT2D eigenvalue weighted by atomic mass is 10.2. The molecule has 0 radical (unpaired) electrons. The van der Waals surface area contributed by atoms with Crippen molar-refractivity contribution in [3.05, 3.63) is 28.2 Å². The van der Waals surface area contributed by atoms with Crippen LogP contribution >= 0.6 is 15.9 Å². The molecule has 0 fully saturated rings. The van der Waals surface area contributed by atoms with Gasteiger partial charge in [-0.25, -0.2) is 0 Å². The van der Waals surface area contributed by atoms with Crippen LogP contribution in [0.2, 0.25) is 18.1 Å². The van der Waals surface area contributed by atoms with Gasteiger partial charge in [-0.2, -0.15) is 0 Å². The highest BCUT2D eigenvalue weighted by atomic mass is 79.9. The smallest absolute Gasteiger partial charge is 0.191 e. The first-order valence-electron chi connectivity index (χ1n) is 8.66. The first-order chi connectivity index (χ1) is 10.6. The van der Waals surface area contributed by atoms with Crippen molar-refractivity contribution >= 4 is 24.2 Å². The molecule has 0 saturated carbocycles. The highest BCUT2D eigenvalue weighted by Gasteiger charge is 2.36. The number of halogens is 1. The van der Waals surface area contributed by atoms with Crippen LogP contribution in [-0.2, 0) is 4.43 Å². The third-order valence-electron chi connectivity index (χ3n) is 4.71. The van der Waals surface area contributed by atoms with Gasteiger partial charge < -0.3 is 9.16 Å². The molecule has 0 heterocycles. The summed E-state index contributed by atoms with van der Waals surface area (Å²) in [6, 6.07) is 6.14. The second-order valence-corrected chi connectivity index (χ2v) is 13.4. The molecule has 4 heteroatoms. The summed E-state index contributed by atoms with van der Waals surface area (Å²) in [5.41, 5.74) is 1.21. The Morgan fingerprint density at radius 2 is 1.61 bits per heavy atom. The topological polar surface area (TPSA) is 18.5 Å². The van der Waals surface area contributed by atoms with Gasteiger partial charge >= 0.3 is 0 Å². The summed E-state index contributed by atoms with van der Waals surface area (Å²) in [5.74, 6) is 0.965. The van der Waals surface area contributed by atoms with E-state index >= 15 is 0 Å². The molecule has 1 rings (SSSR count). The van der Waals surface area contributed by atoms with Gasteiger partial charge in [0, 0.05) is 11.1 Å². The van der Waals surface area contributed by atoms with E-state index < -0.39 is 8.32 Å². The van der Waals surface area contributed by atoms with Crippen LogP contribution in [0.25, 0.3) is 0 Å². The Morgan fingerprint density at radius 3 is 2.17 bits per heavy atom. The Hall–Kier alpha value is -0.323. The van der Waals surface area contributed by atoms with Crippen molar-refractivity contribution < 1.29 is 9.16 Å². The van der Waals surface area contributed by atoms with E-state index in [4.69, 9.17) is 9.16 Å². The molecule has 132 valence electrons. The van der Waals surface area contributed by atoms with Crippen LogP contribution in [0.5, 0.6) is 5.75 Å². The lowest BCUT2D eigenvalue weighted by Crippen LogP contribution is -2.40. The summed E-state index contributed by atoms with van der Waals surface area (Å²) < 4.78 is 13.1. The normalized spacial score (nSPS) is 12.5. The zero-order valence-corrected chi connectivity index (χ0v) is 18.3. The number of unbranched alkanes of at least 4 members (excludes halogenated alkanes) is 3. The Morgan fingerprint density at radius 1 is 1.00 bits per heavy atom. The van der Waals surface area contributed by atoms with Crippen molar-refractivity contribution in [2.75, 3.05) is 13.2 Å². The van der Waals surface area contributed by atoms with Crippen molar-refractivity contribution in [1.29, 1.82) is 0 Å². The molecule has 0 unspecified atom stereocenters. The fourth-order valence-electron chi connectivity index (χ4n) is 2.00. The molecule has 0 aliphatic carbocycles. The average Bonchev–Trinajstić information content (AvgIpc) is 2.44. The number of ether oxygens (including phenoxy) is 1. The van der Waals surface area contributed by atoms with Gasteiger partial charge in [0.2, 0.25) is 0 Å². The first kappa shape index (κ1) is 20.7. The van der Waals surface area contributed by atoms with E-state index in [9.17, 15) is 0 Å². The molecule has 0 aliphatic heterocycles. The predicted octanol–water partition coefficient (Wildman–Crippen LogP) is 6.72. The minimum atomic E-state index is -1.56. The maximum Gasteiger partial charge on any atom is 0.191 e. The lowest BCUT2D eigenvalue weighted by Gasteiger charge is -2.36. The fraction of sp³-hybridized carbons (Fsp3) is 0.684. The Kier molecular flexibility index (Phi) is 8.32. The molecular formula is C19H33BrO2Si. The van der Waals surface area contributed by atoms with Gasteiger partial charge in [-0.15, -0.1) is 0 Å². The second kappa shape index (κ2) is 9.24. The quantitative estimate of drug-likeness (QED) is 0.338. The average molecular weight is 401 g/mol. The lowest BCUT2D eigenvalue weighted by molar-refractivity contribution is 0.270. The summed E-state index contributed by atoms with van der Waals surface area (Å²) in [7, 11) is -1.56. The van der Waals surface area contributed by atoms with Gasteiger partial charge in [0.25, 0.3) is 0 Å². The summed E-state index contributed by atoms with van der Waals surface area (Å²) in [6.07, 6.45) is 4.69. The van der Waals surface area contributed by atoms with Crippen LogP contribution in [0, 0.1) is 6.92 Å². The first-order valence-corrected chi connectivity index (χ1v) is 12.4. The van der Waals surface area contributed by atoms with Crippen molar-refractivity contribution in [3.63, 3.8) is 0 Å². The maximum atomic E-state index is 6.20. The van der Waals surface area contributed by atoms with Crippen molar-refractivity contribution in [2.24, 2.45) is 0 Å². The van der Waals surface area contributed by atoms with E-state index in [0.717, 1.165) is 36.3 Å². The molecule has 2 nitrogen and oxygen atoms in total. The molecule has 23 heavy (non-hydrogen) atoms. The zero-order valence-electron chi connectivity index (χ0n) is 15.7. The van der Waals surface area contributed by atoms with Crippen molar-refractivity contribution in [3.8, 4) is 5.75 Å². The van der Waals surface area contributed by atoms with Crippen molar-refractivity contribution in [2.45, 2.75) is 71.5 Å². The highest BCUT2D eigenvalue weighted by molar-refractivity contribution is 9.10. The third-order valence-corrected chi connectivity index (χ3v) is 10.1. The highest BCUT2D eigenvalue weighted by Crippen LogP contribution is 2.36. The summed E-state index contributed by atoms with van der Waals surface area (Å²) in [6.45, 7) is 15.3. The number of benzene rings is 1. The third kappa shape index (κ3) is 7.40. The van der Waals surface area contributed by atoms with Gasteiger partial charge in [0.15, 0.2) is 8.32 Å². The van der Waals surface area contributed by atoms with Crippen LogP contribution in [-0.4, -0.2) is 21.5 Å². The standard InChI is InChI=1S/C19H33BrO2Si/c1-16-15-17(11-12-18(16)20)21-13-9-7-8-10-14-22-23(5,6)19(2,3)4/h11-12,15H,7-10,13-14H2,1-6H3.